The van der Waals surface area contributed by atoms with Crippen LogP contribution < -0.4 is 0 Å². The van der Waals surface area contributed by atoms with Gasteiger partial charge in [-0.2, -0.15) is 0 Å². The molecule has 1 rings (SSSR count). The highest BCUT2D eigenvalue weighted by molar-refractivity contribution is 6.02. The summed E-state index contributed by atoms with van der Waals surface area (Å²) in [6.45, 7) is 3.99. The largest absolute Gasteiger partial charge is 0.478 e. The first kappa shape index (κ1) is 14.2. The van der Waals surface area contributed by atoms with Crippen molar-refractivity contribution in [2.45, 2.75) is 25.9 Å². The summed E-state index contributed by atoms with van der Waals surface area (Å²) in [6.07, 6.45) is 0.684. The van der Waals surface area contributed by atoms with Crippen molar-refractivity contribution in [3.8, 4) is 0 Å². The van der Waals surface area contributed by atoms with Crippen LogP contribution in [0.4, 0.5) is 0 Å². The Morgan fingerprint density at radius 1 is 1.22 bits per heavy atom. The average molecular weight is 252 g/mol. The van der Waals surface area contributed by atoms with Gasteiger partial charge in [0.1, 0.15) is 0 Å². The number of hydrogen-bond acceptors (Lipinski definition) is 3. The molecule has 0 aromatic heterocycles. The minimum absolute atomic E-state index is 0.138. The first-order chi connectivity index (χ1) is 8.28. The van der Waals surface area contributed by atoms with E-state index in [4.69, 9.17) is 10.2 Å². The zero-order valence-electron chi connectivity index (χ0n) is 10.3. The fourth-order valence-corrected chi connectivity index (χ4v) is 1.73. The maximum absolute atomic E-state index is 11.0. The molecule has 0 bridgehead atoms. The lowest BCUT2D eigenvalue weighted by Gasteiger charge is -2.19. The zero-order chi connectivity index (χ0) is 13.9. The topological polar surface area (TPSA) is 94.8 Å². The second kappa shape index (κ2) is 5.18. The summed E-state index contributed by atoms with van der Waals surface area (Å²) in [5.41, 5.74) is -2.24. The summed E-state index contributed by atoms with van der Waals surface area (Å²) in [5.74, 6) is -3.24. The highest BCUT2D eigenvalue weighted by atomic mass is 16.4. The Morgan fingerprint density at radius 2 is 1.78 bits per heavy atom. The molecule has 0 radical (unpaired) electrons. The van der Waals surface area contributed by atoms with Gasteiger partial charge in [-0.25, -0.2) is 9.59 Å². The van der Waals surface area contributed by atoms with Crippen LogP contribution >= 0.6 is 0 Å². The third-order valence-electron chi connectivity index (χ3n) is 2.61. The molecule has 1 aromatic rings. The van der Waals surface area contributed by atoms with Crippen LogP contribution in [0, 0.1) is 5.92 Å². The lowest BCUT2D eigenvalue weighted by Crippen LogP contribution is -2.43. The van der Waals surface area contributed by atoms with Gasteiger partial charge in [-0.05, 0) is 17.9 Å². The lowest BCUT2D eigenvalue weighted by atomic mass is 9.91. The van der Waals surface area contributed by atoms with Crippen LogP contribution in [0.1, 0.15) is 25.0 Å². The summed E-state index contributed by atoms with van der Waals surface area (Å²) in [6, 6.07) is 6.03. The molecule has 0 unspecified atom stereocenters. The quantitative estimate of drug-likeness (QED) is 0.685. The highest BCUT2D eigenvalue weighted by Gasteiger charge is 2.46. The van der Waals surface area contributed by atoms with E-state index in [1.165, 1.54) is 12.1 Å². The predicted octanol–water partition coefficient (Wildman–Crippen LogP) is 1.24. The van der Waals surface area contributed by atoms with Crippen LogP contribution in [0.2, 0.25) is 0 Å². The first-order valence-electron chi connectivity index (χ1n) is 5.57. The van der Waals surface area contributed by atoms with Gasteiger partial charge in [0.15, 0.2) is 0 Å². The van der Waals surface area contributed by atoms with Crippen molar-refractivity contribution in [3.05, 3.63) is 35.4 Å². The molecule has 0 amide bonds. The summed E-state index contributed by atoms with van der Waals surface area (Å²) in [5, 5.41) is 27.6. The Kier molecular flexibility index (Phi) is 4.08. The van der Waals surface area contributed by atoms with Crippen molar-refractivity contribution in [2.24, 2.45) is 5.92 Å². The molecule has 0 saturated carbocycles. The van der Waals surface area contributed by atoms with E-state index in [9.17, 15) is 14.7 Å². The SMILES string of the molecule is CC(C)Cc1cccc(C(O)(C(=O)O)C(=O)O)c1. The number of carboxylic acids is 2. The predicted molar refractivity (Wildman–Crippen MR) is 64.2 cm³/mol. The Labute approximate surface area is 105 Å². The van der Waals surface area contributed by atoms with E-state index in [2.05, 4.69) is 0 Å². The Morgan fingerprint density at radius 3 is 2.22 bits per heavy atom. The molecule has 5 nitrogen and oxygen atoms in total. The van der Waals surface area contributed by atoms with Crippen molar-refractivity contribution in [3.63, 3.8) is 0 Å². The first-order valence-corrected chi connectivity index (χ1v) is 5.57. The molecule has 0 aliphatic carbocycles. The van der Waals surface area contributed by atoms with Crippen LogP contribution in [0.3, 0.4) is 0 Å². The van der Waals surface area contributed by atoms with E-state index < -0.39 is 17.5 Å². The third kappa shape index (κ3) is 2.68. The molecule has 1 aromatic carbocycles. The molecule has 98 valence electrons. The molecule has 18 heavy (non-hydrogen) atoms. The fraction of sp³-hybridized carbons (Fsp3) is 0.385. The normalized spacial score (nSPS) is 11.6. The van der Waals surface area contributed by atoms with E-state index in [1.54, 1.807) is 12.1 Å². The summed E-state index contributed by atoms with van der Waals surface area (Å²) in [7, 11) is 0. The van der Waals surface area contributed by atoms with Crippen molar-refractivity contribution >= 4 is 11.9 Å². The standard InChI is InChI=1S/C13H16O5/c1-8(2)6-9-4-3-5-10(7-9)13(18,11(14)15)12(16)17/h3-5,7-8,18H,6H2,1-2H3,(H,14,15)(H,16,17). The second-order valence-electron chi connectivity index (χ2n) is 4.62. The van der Waals surface area contributed by atoms with Crippen LogP contribution in [-0.2, 0) is 21.6 Å². The third-order valence-corrected chi connectivity index (χ3v) is 2.61. The van der Waals surface area contributed by atoms with Gasteiger partial charge < -0.3 is 15.3 Å². The van der Waals surface area contributed by atoms with E-state index in [-0.39, 0.29) is 5.56 Å². The zero-order valence-corrected chi connectivity index (χ0v) is 10.3. The Bertz CT molecular complexity index is 450. The maximum atomic E-state index is 11.0. The van der Waals surface area contributed by atoms with Gasteiger partial charge in [-0.3, -0.25) is 0 Å². The van der Waals surface area contributed by atoms with Crippen molar-refractivity contribution < 1.29 is 24.9 Å². The second-order valence-corrected chi connectivity index (χ2v) is 4.62. The minimum atomic E-state index is -2.90. The van der Waals surface area contributed by atoms with Crippen LogP contribution in [0.15, 0.2) is 24.3 Å². The van der Waals surface area contributed by atoms with Gasteiger partial charge in [0.05, 0.1) is 0 Å². The number of carbonyl (C=O) groups is 2. The molecule has 0 saturated heterocycles. The summed E-state index contributed by atoms with van der Waals surface area (Å²) < 4.78 is 0. The van der Waals surface area contributed by atoms with Gasteiger partial charge >= 0.3 is 11.9 Å². The van der Waals surface area contributed by atoms with Crippen molar-refractivity contribution in [1.82, 2.24) is 0 Å². The molecule has 0 heterocycles. The Hall–Kier alpha value is -1.88. The van der Waals surface area contributed by atoms with Gasteiger partial charge in [-0.15, -0.1) is 0 Å². The van der Waals surface area contributed by atoms with Crippen LogP contribution in [0.5, 0.6) is 0 Å². The number of carboxylic acid groups (broad SMARTS) is 2. The maximum Gasteiger partial charge on any atom is 0.352 e. The van der Waals surface area contributed by atoms with E-state index in [0.29, 0.717) is 12.3 Å². The van der Waals surface area contributed by atoms with Crippen LogP contribution in [0.25, 0.3) is 0 Å². The summed E-state index contributed by atoms with van der Waals surface area (Å²) >= 11 is 0. The fourth-order valence-electron chi connectivity index (χ4n) is 1.73. The molecule has 0 aliphatic heterocycles. The minimum Gasteiger partial charge on any atom is -0.478 e. The average Bonchev–Trinajstić information content (AvgIpc) is 2.26. The molecule has 0 aliphatic rings. The number of benzene rings is 1. The van der Waals surface area contributed by atoms with Crippen molar-refractivity contribution in [2.75, 3.05) is 0 Å². The van der Waals surface area contributed by atoms with Crippen LogP contribution in [-0.4, -0.2) is 27.3 Å². The number of aliphatic hydroxyl groups is 1. The molecule has 5 heteroatoms. The number of hydrogen-bond donors (Lipinski definition) is 3. The van der Waals surface area contributed by atoms with E-state index >= 15 is 0 Å². The van der Waals surface area contributed by atoms with Gasteiger partial charge in [-0.1, -0.05) is 38.1 Å². The highest BCUT2D eigenvalue weighted by Crippen LogP contribution is 2.24. The monoisotopic (exact) mass is 252 g/mol. The van der Waals surface area contributed by atoms with Crippen molar-refractivity contribution in [1.29, 1.82) is 0 Å². The van der Waals surface area contributed by atoms with Gasteiger partial charge in [0.2, 0.25) is 0 Å². The van der Waals surface area contributed by atoms with Gasteiger partial charge in [0, 0.05) is 5.56 Å². The molecular weight excluding hydrogens is 236 g/mol. The Balaban J connectivity index is 3.22. The summed E-state index contributed by atoms with van der Waals surface area (Å²) in [4.78, 5) is 21.9. The van der Waals surface area contributed by atoms with E-state index in [0.717, 1.165) is 5.56 Å². The van der Waals surface area contributed by atoms with Gasteiger partial charge in [0.25, 0.3) is 5.60 Å². The molecule has 0 spiro atoms. The van der Waals surface area contributed by atoms with E-state index in [1.807, 2.05) is 13.8 Å². The molecular formula is C13H16O5. The number of rotatable bonds is 5. The molecule has 0 fully saturated rings. The molecule has 3 N–H and O–H groups in total. The number of aliphatic carboxylic acids is 2. The lowest BCUT2D eigenvalue weighted by molar-refractivity contribution is -0.177. The molecule has 0 atom stereocenters. The smallest absolute Gasteiger partial charge is 0.352 e.